The molecule has 2 N–H and O–H groups in total. The Morgan fingerprint density at radius 3 is 2.24 bits per heavy atom. The Morgan fingerprint density at radius 1 is 1.00 bits per heavy atom. The van der Waals surface area contributed by atoms with Crippen LogP contribution >= 0.6 is 0 Å². The summed E-state index contributed by atoms with van der Waals surface area (Å²) in [6, 6.07) is 0. The van der Waals surface area contributed by atoms with E-state index in [1.54, 1.807) is 14.0 Å². The van der Waals surface area contributed by atoms with Gasteiger partial charge in [0, 0.05) is 26.6 Å². The third kappa shape index (κ3) is 12.3. The van der Waals surface area contributed by atoms with Crippen LogP contribution in [0.25, 0.3) is 0 Å². The van der Waals surface area contributed by atoms with E-state index in [1.807, 2.05) is 6.92 Å². The number of rotatable bonds is 13. The first-order chi connectivity index (χ1) is 10.1. The molecule has 0 bridgehead atoms. The lowest BCUT2D eigenvalue weighted by atomic mass is 10.1. The van der Waals surface area contributed by atoms with E-state index in [0.29, 0.717) is 46.1 Å². The Labute approximate surface area is 126 Å². The van der Waals surface area contributed by atoms with E-state index in [9.17, 15) is 9.59 Å². The second kappa shape index (κ2) is 13.8. The lowest BCUT2D eigenvalue weighted by molar-refractivity contribution is -0.125. The Kier molecular flexibility index (Phi) is 13.0. The van der Waals surface area contributed by atoms with E-state index in [4.69, 9.17) is 14.2 Å². The minimum Gasteiger partial charge on any atom is -0.382 e. The van der Waals surface area contributed by atoms with Gasteiger partial charge in [-0.3, -0.25) is 9.59 Å². The van der Waals surface area contributed by atoms with Crippen LogP contribution in [0.15, 0.2) is 0 Å². The Hall–Kier alpha value is -1.18. The highest BCUT2D eigenvalue weighted by Crippen LogP contribution is 1.93. The molecule has 0 heterocycles. The number of hydrogen-bond donors (Lipinski definition) is 2. The van der Waals surface area contributed by atoms with Gasteiger partial charge in [-0.15, -0.1) is 0 Å². The van der Waals surface area contributed by atoms with Gasteiger partial charge in [0.1, 0.15) is 0 Å². The van der Waals surface area contributed by atoms with Crippen LogP contribution < -0.4 is 10.6 Å². The van der Waals surface area contributed by atoms with Crippen LogP contribution in [0.1, 0.15) is 20.3 Å². The van der Waals surface area contributed by atoms with Gasteiger partial charge in [-0.05, 0) is 6.92 Å². The molecule has 0 aliphatic heterocycles. The molecule has 0 aliphatic rings. The van der Waals surface area contributed by atoms with Crippen LogP contribution in [0.3, 0.4) is 0 Å². The number of amides is 2. The van der Waals surface area contributed by atoms with Gasteiger partial charge in [0.15, 0.2) is 0 Å². The molecule has 7 nitrogen and oxygen atoms in total. The molecule has 0 aliphatic carbocycles. The van der Waals surface area contributed by atoms with Crippen LogP contribution in [0.2, 0.25) is 0 Å². The summed E-state index contributed by atoms with van der Waals surface area (Å²) < 4.78 is 15.3. The van der Waals surface area contributed by atoms with Crippen molar-refractivity contribution >= 4 is 11.8 Å². The smallest absolute Gasteiger partial charge is 0.224 e. The van der Waals surface area contributed by atoms with Gasteiger partial charge in [0.2, 0.25) is 11.8 Å². The van der Waals surface area contributed by atoms with E-state index >= 15 is 0 Å². The largest absolute Gasteiger partial charge is 0.382 e. The monoisotopic (exact) mass is 304 g/mol. The summed E-state index contributed by atoms with van der Waals surface area (Å²) in [5.74, 6) is -0.405. The molecule has 21 heavy (non-hydrogen) atoms. The molecule has 2 amide bonds. The van der Waals surface area contributed by atoms with Gasteiger partial charge in [0.05, 0.1) is 39.0 Å². The molecular weight excluding hydrogens is 276 g/mol. The first kappa shape index (κ1) is 19.8. The summed E-state index contributed by atoms with van der Waals surface area (Å²) in [6.07, 6.45) is 0.278. The van der Waals surface area contributed by atoms with Crippen molar-refractivity contribution in [2.45, 2.75) is 20.3 Å². The maximum absolute atomic E-state index is 11.5. The minimum absolute atomic E-state index is 0.0535. The summed E-state index contributed by atoms with van der Waals surface area (Å²) >= 11 is 0. The molecule has 0 aromatic carbocycles. The average molecular weight is 304 g/mol. The van der Waals surface area contributed by atoms with Crippen molar-refractivity contribution in [1.82, 2.24) is 10.6 Å². The van der Waals surface area contributed by atoms with Gasteiger partial charge in [-0.2, -0.15) is 0 Å². The molecule has 0 spiro atoms. The molecule has 0 aromatic heterocycles. The van der Waals surface area contributed by atoms with Gasteiger partial charge in [-0.25, -0.2) is 0 Å². The normalized spacial score (nSPS) is 12.0. The molecule has 0 rings (SSSR count). The predicted octanol–water partition coefficient (Wildman–Crippen LogP) is -0.0555. The molecular formula is C14H28N2O5. The molecule has 124 valence electrons. The number of ether oxygens (including phenoxy) is 3. The summed E-state index contributed by atoms with van der Waals surface area (Å²) in [4.78, 5) is 23.0. The highest BCUT2D eigenvalue weighted by molar-refractivity contribution is 5.80. The van der Waals surface area contributed by atoms with Crippen molar-refractivity contribution in [2.24, 2.45) is 5.92 Å². The van der Waals surface area contributed by atoms with Crippen LogP contribution in [-0.2, 0) is 23.8 Å². The molecule has 0 saturated heterocycles. The van der Waals surface area contributed by atoms with E-state index in [0.717, 1.165) is 0 Å². The lowest BCUT2D eigenvalue weighted by Crippen LogP contribution is -2.37. The predicted molar refractivity (Wildman–Crippen MR) is 79.0 cm³/mol. The fraction of sp³-hybridized carbons (Fsp3) is 0.857. The van der Waals surface area contributed by atoms with E-state index < -0.39 is 0 Å². The van der Waals surface area contributed by atoms with Crippen molar-refractivity contribution in [2.75, 3.05) is 53.2 Å². The molecule has 1 atom stereocenters. The molecule has 1 unspecified atom stereocenters. The van der Waals surface area contributed by atoms with Crippen molar-refractivity contribution in [3.63, 3.8) is 0 Å². The minimum atomic E-state index is -0.232. The molecule has 7 heteroatoms. The van der Waals surface area contributed by atoms with Crippen molar-refractivity contribution in [3.8, 4) is 0 Å². The Balaban J connectivity index is 3.44. The number of hydrogen-bond acceptors (Lipinski definition) is 5. The van der Waals surface area contributed by atoms with Gasteiger partial charge >= 0.3 is 0 Å². The number of carbonyl (C=O) groups is 2. The number of nitrogens with one attached hydrogen (secondary N) is 2. The standard InChI is InChI=1S/C14H28N2O5/c1-4-15-14(18)12(2)11-16-13(17)5-6-20-9-10-21-8-7-19-3/h12H,4-11H2,1-3H3,(H,15,18)(H,16,17). The van der Waals surface area contributed by atoms with Crippen LogP contribution in [-0.4, -0.2) is 65.0 Å². The van der Waals surface area contributed by atoms with Crippen molar-refractivity contribution in [1.29, 1.82) is 0 Å². The van der Waals surface area contributed by atoms with Crippen LogP contribution in [0.4, 0.5) is 0 Å². The maximum atomic E-state index is 11.5. The summed E-state index contributed by atoms with van der Waals surface area (Å²) in [7, 11) is 1.62. The van der Waals surface area contributed by atoms with E-state index in [1.165, 1.54) is 0 Å². The summed E-state index contributed by atoms with van der Waals surface area (Å²) in [6.45, 7) is 6.95. The summed E-state index contributed by atoms with van der Waals surface area (Å²) in [5.41, 5.74) is 0. The number of carbonyl (C=O) groups excluding carboxylic acids is 2. The fourth-order valence-corrected chi connectivity index (χ4v) is 1.43. The topological polar surface area (TPSA) is 85.9 Å². The zero-order valence-corrected chi connectivity index (χ0v) is 13.3. The second-order valence-electron chi connectivity index (χ2n) is 4.57. The first-order valence-electron chi connectivity index (χ1n) is 7.30. The Morgan fingerprint density at radius 2 is 1.62 bits per heavy atom. The quantitative estimate of drug-likeness (QED) is 0.466. The highest BCUT2D eigenvalue weighted by atomic mass is 16.5. The maximum Gasteiger partial charge on any atom is 0.224 e. The zero-order valence-electron chi connectivity index (χ0n) is 13.3. The fourth-order valence-electron chi connectivity index (χ4n) is 1.43. The third-order valence-corrected chi connectivity index (χ3v) is 2.68. The third-order valence-electron chi connectivity index (χ3n) is 2.68. The highest BCUT2D eigenvalue weighted by Gasteiger charge is 2.12. The molecule has 0 radical (unpaired) electrons. The zero-order chi connectivity index (χ0) is 15.9. The SMILES string of the molecule is CCNC(=O)C(C)CNC(=O)CCOCCOCCOC. The van der Waals surface area contributed by atoms with Crippen molar-refractivity contribution in [3.05, 3.63) is 0 Å². The average Bonchev–Trinajstić information content (AvgIpc) is 2.47. The van der Waals surface area contributed by atoms with E-state index in [-0.39, 0.29) is 24.2 Å². The molecule has 0 saturated carbocycles. The Bertz CT molecular complexity index is 287. The number of methoxy groups -OCH3 is 1. The first-order valence-corrected chi connectivity index (χ1v) is 7.30. The molecule has 0 aromatic rings. The van der Waals surface area contributed by atoms with Gasteiger partial charge in [0.25, 0.3) is 0 Å². The van der Waals surface area contributed by atoms with E-state index in [2.05, 4.69) is 10.6 Å². The lowest BCUT2D eigenvalue weighted by Gasteiger charge is -2.12. The second-order valence-corrected chi connectivity index (χ2v) is 4.57. The van der Waals surface area contributed by atoms with Gasteiger partial charge in [-0.1, -0.05) is 6.92 Å². The van der Waals surface area contributed by atoms with Crippen molar-refractivity contribution < 1.29 is 23.8 Å². The van der Waals surface area contributed by atoms with Crippen LogP contribution in [0, 0.1) is 5.92 Å². The summed E-state index contributed by atoms with van der Waals surface area (Å²) in [5, 5.41) is 5.43. The van der Waals surface area contributed by atoms with Gasteiger partial charge < -0.3 is 24.8 Å². The van der Waals surface area contributed by atoms with Crippen LogP contribution in [0.5, 0.6) is 0 Å². The molecule has 0 fully saturated rings.